The van der Waals surface area contributed by atoms with E-state index in [1.807, 2.05) is 11.4 Å². The Bertz CT molecular complexity index is 364. The van der Waals surface area contributed by atoms with Crippen molar-refractivity contribution in [3.05, 3.63) is 22.4 Å². The molecular formula is C14H21NO2S. The largest absolute Gasteiger partial charge is 0.393 e. The molecule has 3 nitrogen and oxygen atoms in total. The maximum atomic E-state index is 11.7. The first kappa shape index (κ1) is 13.6. The molecule has 1 aliphatic carbocycles. The highest BCUT2D eigenvalue weighted by Crippen LogP contribution is 2.23. The van der Waals surface area contributed by atoms with Crippen molar-refractivity contribution in [2.75, 3.05) is 6.54 Å². The van der Waals surface area contributed by atoms with Crippen LogP contribution < -0.4 is 5.32 Å². The van der Waals surface area contributed by atoms with E-state index in [1.165, 1.54) is 11.3 Å². The predicted octanol–water partition coefficient (Wildman–Crippen LogP) is 2.35. The molecule has 0 saturated heterocycles. The Morgan fingerprint density at radius 1 is 1.44 bits per heavy atom. The van der Waals surface area contributed by atoms with Crippen molar-refractivity contribution in [3.8, 4) is 0 Å². The molecule has 0 aliphatic heterocycles. The second-order valence-electron chi connectivity index (χ2n) is 5.00. The number of carbonyl (C=O) groups is 1. The molecule has 0 unspecified atom stereocenters. The second-order valence-corrected chi connectivity index (χ2v) is 6.03. The quantitative estimate of drug-likeness (QED) is 0.860. The molecule has 1 fully saturated rings. The molecule has 1 aromatic heterocycles. The number of aliphatic hydroxyl groups is 1. The fourth-order valence-electron chi connectivity index (χ4n) is 2.45. The van der Waals surface area contributed by atoms with E-state index >= 15 is 0 Å². The van der Waals surface area contributed by atoms with Gasteiger partial charge < -0.3 is 10.4 Å². The number of hydrogen-bond donors (Lipinski definition) is 2. The Kier molecular flexibility index (Phi) is 5.20. The van der Waals surface area contributed by atoms with Crippen molar-refractivity contribution in [2.24, 2.45) is 5.92 Å². The lowest BCUT2D eigenvalue weighted by molar-refractivity contribution is -0.121. The highest BCUT2D eigenvalue weighted by molar-refractivity contribution is 7.09. The highest BCUT2D eigenvalue weighted by atomic mass is 32.1. The summed E-state index contributed by atoms with van der Waals surface area (Å²) < 4.78 is 0. The average Bonchev–Trinajstić information content (AvgIpc) is 2.88. The number of aryl methyl sites for hydroxylation is 1. The third-order valence-electron chi connectivity index (χ3n) is 3.61. The first-order valence-electron chi connectivity index (χ1n) is 6.73. The summed E-state index contributed by atoms with van der Waals surface area (Å²) in [7, 11) is 0. The summed E-state index contributed by atoms with van der Waals surface area (Å²) in [6.45, 7) is 0.629. The van der Waals surface area contributed by atoms with Crippen LogP contribution in [0.4, 0.5) is 0 Å². The van der Waals surface area contributed by atoms with Gasteiger partial charge in [-0.05, 0) is 30.7 Å². The van der Waals surface area contributed by atoms with Gasteiger partial charge in [0.15, 0.2) is 0 Å². The van der Waals surface area contributed by atoms with Gasteiger partial charge in [-0.15, -0.1) is 11.3 Å². The molecule has 100 valence electrons. The minimum atomic E-state index is -0.226. The molecule has 0 spiro atoms. The van der Waals surface area contributed by atoms with E-state index in [9.17, 15) is 9.90 Å². The van der Waals surface area contributed by atoms with Gasteiger partial charge in [0.25, 0.3) is 0 Å². The van der Waals surface area contributed by atoms with Gasteiger partial charge in [0.1, 0.15) is 0 Å². The van der Waals surface area contributed by atoms with E-state index in [2.05, 4.69) is 11.4 Å². The van der Waals surface area contributed by atoms with Gasteiger partial charge in [0, 0.05) is 23.8 Å². The van der Waals surface area contributed by atoms with Crippen LogP contribution in [0.1, 0.15) is 37.0 Å². The topological polar surface area (TPSA) is 49.3 Å². The summed E-state index contributed by atoms with van der Waals surface area (Å²) >= 11 is 1.69. The lowest BCUT2D eigenvalue weighted by atomic mass is 9.86. The number of amides is 1. The van der Waals surface area contributed by atoms with Crippen LogP contribution in [-0.4, -0.2) is 23.7 Å². The Labute approximate surface area is 112 Å². The summed E-state index contributed by atoms with van der Waals surface area (Å²) in [5, 5.41) is 14.8. The van der Waals surface area contributed by atoms with E-state index in [4.69, 9.17) is 0 Å². The maximum Gasteiger partial charge on any atom is 0.220 e. The monoisotopic (exact) mass is 267 g/mol. The average molecular weight is 267 g/mol. The Balaban J connectivity index is 1.65. The van der Waals surface area contributed by atoms with Crippen LogP contribution in [0, 0.1) is 5.92 Å². The first-order chi connectivity index (χ1) is 8.75. The number of thiophene rings is 1. The van der Waals surface area contributed by atoms with Crippen LogP contribution in [0.3, 0.4) is 0 Å². The van der Waals surface area contributed by atoms with Gasteiger partial charge >= 0.3 is 0 Å². The van der Waals surface area contributed by atoms with E-state index in [1.54, 1.807) is 11.3 Å². The summed E-state index contributed by atoms with van der Waals surface area (Å²) in [5.41, 5.74) is 0. The highest BCUT2D eigenvalue weighted by Gasteiger charge is 2.23. The van der Waals surface area contributed by atoms with Gasteiger partial charge in [-0.1, -0.05) is 18.9 Å². The summed E-state index contributed by atoms with van der Waals surface area (Å²) in [6, 6.07) is 4.07. The number of nitrogens with one attached hydrogen (secondary N) is 1. The van der Waals surface area contributed by atoms with Gasteiger partial charge in [-0.2, -0.15) is 0 Å². The molecule has 2 atom stereocenters. The van der Waals surface area contributed by atoms with Crippen molar-refractivity contribution in [1.82, 2.24) is 5.32 Å². The fourth-order valence-corrected chi connectivity index (χ4v) is 3.16. The molecule has 1 heterocycles. The maximum absolute atomic E-state index is 11.7. The molecule has 2 N–H and O–H groups in total. The fraction of sp³-hybridized carbons (Fsp3) is 0.643. The molecule has 18 heavy (non-hydrogen) atoms. The van der Waals surface area contributed by atoms with E-state index in [0.717, 1.165) is 25.7 Å². The van der Waals surface area contributed by atoms with E-state index in [0.29, 0.717) is 13.0 Å². The third kappa shape index (κ3) is 4.10. The number of hydrogen-bond acceptors (Lipinski definition) is 3. The minimum absolute atomic E-state index is 0.0983. The minimum Gasteiger partial charge on any atom is -0.393 e. The lowest BCUT2D eigenvalue weighted by Crippen LogP contribution is -2.36. The Morgan fingerprint density at radius 3 is 3.00 bits per heavy atom. The van der Waals surface area contributed by atoms with Crippen LogP contribution >= 0.6 is 11.3 Å². The lowest BCUT2D eigenvalue weighted by Gasteiger charge is -2.27. The van der Waals surface area contributed by atoms with Crippen LogP contribution in [0.25, 0.3) is 0 Å². The first-order valence-corrected chi connectivity index (χ1v) is 7.61. The SMILES string of the molecule is O=C(CCc1cccs1)NC[C@H]1CCCC[C@H]1O. The zero-order valence-electron chi connectivity index (χ0n) is 10.6. The number of rotatable bonds is 5. The van der Waals surface area contributed by atoms with Gasteiger partial charge in [-0.3, -0.25) is 4.79 Å². The molecule has 0 radical (unpaired) electrons. The molecule has 2 rings (SSSR count). The molecular weight excluding hydrogens is 246 g/mol. The zero-order valence-corrected chi connectivity index (χ0v) is 11.4. The van der Waals surface area contributed by atoms with Gasteiger partial charge in [-0.25, -0.2) is 0 Å². The molecule has 0 bridgehead atoms. The second kappa shape index (κ2) is 6.90. The van der Waals surface area contributed by atoms with E-state index in [-0.39, 0.29) is 17.9 Å². The summed E-state index contributed by atoms with van der Waals surface area (Å²) in [6.07, 6.45) is 5.34. The van der Waals surface area contributed by atoms with Crippen LogP contribution in [0.15, 0.2) is 17.5 Å². The zero-order chi connectivity index (χ0) is 12.8. The molecule has 4 heteroatoms. The molecule has 0 aromatic carbocycles. The van der Waals surface area contributed by atoms with Crippen LogP contribution in [-0.2, 0) is 11.2 Å². The van der Waals surface area contributed by atoms with Crippen molar-refractivity contribution in [1.29, 1.82) is 0 Å². The van der Waals surface area contributed by atoms with Gasteiger partial charge in [0.2, 0.25) is 5.91 Å². The predicted molar refractivity (Wildman–Crippen MR) is 73.6 cm³/mol. The number of aliphatic hydroxyl groups excluding tert-OH is 1. The van der Waals surface area contributed by atoms with Crippen molar-refractivity contribution in [3.63, 3.8) is 0 Å². The number of carbonyl (C=O) groups excluding carboxylic acids is 1. The van der Waals surface area contributed by atoms with Crippen LogP contribution in [0.5, 0.6) is 0 Å². The Morgan fingerprint density at radius 2 is 2.28 bits per heavy atom. The van der Waals surface area contributed by atoms with Crippen LogP contribution in [0.2, 0.25) is 0 Å². The van der Waals surface area contributed by atoms with E-state index < -0.39 is 0 Å². The molecule has 1 amide bonds. The standard InChI is InChI=1S/C14H21NO2S/c16-13-6-2-1-4-11(13)10-15-14(17)8-7-12-5-3-9-18-12/h3,5,9,11,13,16H,1-2,4,6-8,10H2,(H,15,17)/t11-,13-/m1/s1. The summed E-state index contributed by atoms with van der Waals surface area (Å²) in [5.74, 6) is 0.352. The normalized spacial score (nSPS) is 23.8. The van der Waals surface area contributed by atoms with Crippen molar-refractivity contribution >= 4 is 17.2 Å². The summed E-state index contributed by atoms with van der Waals surface area (Å²) in [4.78, 5) is 13.0. The van der Waals surface area contributed by atoms with Gasteiger partial charge in [0.05, 0.1) is 6.10 Å². The van der Waals surface area contributed by atoms with Crippen molar-refractivity contribution in [2.45, 2.75) is 44.6 Å². The smallest absolute Gasteiger partial charge is 0.220 e. The van der Waals surface area contributed by atoms with Crippen molar-refractivity contribution < 1.29 is 9.90 Å². The molecule has 1 saturated carbocycles. The molecule has 1 aliphatic rings. The third-order valence-corrected chi connectivity index (χ3v) is 4.55. The molecule has 1 aromatic rings. The Hall–Kier alpha value is -0.870.